The summed E-state index contributed by atoms with van der Waals surface area (Å²) in [6.45, 7) is 0. The smallest absolute Gasteiger partial charge is 0.416 e. The van der Waals surface area contributed by atoms with E-state index in [4.69, 9.17) is 10.8 Å². The number of halogens is 3. The molecule has 0 unspecified atom stereocenters. The van der Waals surface area contributed by atoms with Crippen LogP contribution in [-0.4, -0.2) is 5.11 Å². The van der Waals surface area contributed by atoms with Crippen molar-refractivity contribution in [3.8, 4) is 5.75 Å². The molecule has 12 heavy (non-hydrogen) atoms. The Morgan fingerprint density at radius 3 is 2.17 bits per heavy atom. The van der Waals surface area contributed by atoms with E-state index in [9.17, 15) is 13.2 Å². The van der Waals surface area contributed by atoms with Crippen molar-refractivity contribution in [2.75, 3.05) is 5.73 Å². The van der Waals surface area contributed by atoms with Gasteiger partial charge >= 0.3 is 6.18 Å². The van der Waals surface area contributed by atoms with E-state index in [0.29, 0.717) is 6.07 Å². The average molecular weight is 177 g/mol. The number of nitrogens with two attached hydrogens (primary N) is 1. The molecule has 3 N–H and O–H groups in total. The summed E-state index contributed by atoms with van der Waals surface area (Å²) in [7, 11) is 0. The Balaban J connectivity index is 3.18. The Morgan fingerprint density at radius 1 is 1.17 bits per heavy atom. The van der Waals surface area contributed by atoms with E-state index in [1.807, 2.05) is 0 Å². The molecule has 0 saturated carbocycles. The zero-order valence-electron chi connectivity index (χ0n) is 5.89. The van der Waals surface area contributed by atoms with Gasteiger partial charge in [0.2, 0.25) is 0 Å². The monoisotopic (exact) mass is 177 g/mol. The molecule has 1 rings (SSSR count). The van der Waals surface area contributed by atoms with Crippen LogP contribution in [0, 0.1) is 0 Å². The Bertz CT molecular complexity index is 275. The van der Waals surface area contributed by atoms with Crippen LogP contribution in [0.25, 0.3) is 0 Å². The summed E-state index contributed by atoms with van der Waals surface area (Å²) in [5.74, 6) is -0.484. The van der Waals surface area contributed by atoms with E-state index in [1.54, 1.807) is 0 Å². The summed E-state index contributed by atoms with van der Waals surface area (Å²) in [6.07, 6.45) is -4.47. The molecule has 2 nitrogen and oxygen atoms in total. The fraction of sp³-hybridized carbons (Fsp3) is 0.143. The molecule has 0 aliphatic carbocycles. The molecule has 0 saturated heterocycles. The highest BCUT2D eigenvalue weighted by Crippen LogP contribution is 2.32. The number of rotatable bonds is 0. The number of alkyl halides is 3. The van der Waals surface area contributed by atoms with Gasteiger partial charge in [0.1, 0.15) is 5.75 Å². The van der Waals surface area contributed by atoms with Gasteiger partial charge in [0.25, 0.3) is 0 Å². The molecule has 1 aromatic carbocycles. The molecule has 0 aromatic heterocycles. The third-order valence-electron chi connectivity index (χ3n) is 1.27. The van der Waals surface area contributed by atoms with Crippen molar-refractivity contribution in [2.24, 2.45) is 0 Å². The van der Waals surface area contributed by atoms with Crippen LogP contribution in [0.4, 0.5) is 18.9 Å². The lowest BCUT2D eigenvalue weighted by Crippen LogP contribution is -2.05. The molecule has 0 spiro atoms. The standard InChI is InChI=1S/C7H6F3NO/c8-7(9,10)4-1-5(11)3-6(12)2-4/h1-3,12H,11H2. The number of aromatic hydroxyl groups is 1. The van der Waals surface area contributed by atoms with Gasteiger partial charge in [0, 0.05) is 11.8 Å². The van der Waals surface area contributed by atoms with Crippen LogP contribution in [-0.2, 0) is 6.18 Å². The second-order valence-corrected chi connectivity index (χ2v) is 2.31. The first-order valence-corrected chi connectivity index (χ1v) is 3.06. The van der Waals surface area contributed by atoms with Crippen LogP contribution in [0.2, 0.25) is 0 Å². The maximum atomic E-state index is 12.0. The van der Waals surface area contributed by atoms with Gasteiger partial charge in [-0.15, -0.1) is 0 Å². The minimum atomic E-state index is -4.47. The first-order chi connectivity index (χ1) is 5.39. The van der Waals surface area contributed by atoms with E-state index in [2.05, 4.69) is 0 Å². The summed E-state index contributed by atoms with van der Waals surface area (Å²) in [6, 6.07) is 2.44. The Hall–Kier alpha value is -1.39. The van der Waals surface area contributed by atoms with Crippen LogP contribution in [0.5, 0.6) is 5.75 Å². The first kappa shape index (κ1) is 8.70. The van der Waals surface area contributed by atoms with Crippen LogP contribution in [0.3, 0.4) is 0 Å². The molecule has 0 radical (unpaired) electrons. The fourth-order valence-corrected chi connectivity index (χ4v) is 0.798. The molecule has 0 heterocycles. The molecule has 0 aliphatic rings. The average Bonchev–Trinajstić information content (AvgIpc) is 1.82. The Morgan fingerprint density at radius 2 is 1.75 bits per heavy atom. The molecule has 66 valence electrons. The Kier molecular flexibility index (Phi) is 1.87. The molecule has 0 amide bonds. The van der Waals surface area contributed by atoms with Crippen molar-refractivity contribution >= 4 is 5.69 Å². The van der Waals surface area contributed by atoms with Crippen molar-refractivity contribution < 1.29 is 18.3 Å². The molecule has 1 aromatic rings. The fourth-order valence-electron chi connectivity index (χ4n) is 0.798. The molecule has 0 atom stereocenters. The largest absolute Gasteiger partial charge is 0.508 e. The predicted octanol–water partition coefficient (Wildman–Crippen LogP) is 1.99. The third kappa shape index (κ3) is 1.81. The lowest BCUT2D eigenvalue weighted by atomic mass is 10.2. The highest BCUT2D eigenvalue weighted by atomic mass is 19.4. The molecular weight excluding hydrogens is 171 g/mol. The zero-order valence-corrected chi connectivity index (χ0v) is 5.89. The van der Waals surface area contributed by atoms with Crippen molar-refractivity contribution in [3.63, 3.8) is 0 Å². The minimum absolute atomic E-state index is 0.109. The summed E-state index contributed by atoms with van der Waals surface area (Å²) < 4.78 is 35.9. The summed E-state index contributed by atoms with van der Waals surface area (Å²) in [5.41, 5.74) is 4.04. The first-order valence-electron chi connectivity index (χ1n) is 3.06. The molecule has 0 bridgehead atoms. The quantitative estimate of drug-likeness (QED) is 0.595. The van der Waals surface area contributed by atoms with Crippen molar-refractivity contribution in [1.29, 1.82) is 0 Å². The summed E-state index contributed by atoms with van der Waals surface area (Å²) >= 11 is 0. The van der Waals surface area contributed by atoms with Crippen LogP contribution >= 0.6 is 0 Å². The number of hydrogen-bond acceptors (Lipinski definition) is 2. The molecular formula is C7H6F3NO. The number of nitrogen functional groups attached to an aromatic ring is 1. The maximum absolute atomic E-state index is 12.0. The third-order valence-corrected chi connectivity index (χ3v) is 1.27. The van der Waals surface area contributed by atoms with E-state index >= 15 is 0 Å². The predicted molar refractivity (Wildman–Crippen MR) is 37.5 cm³/mol. The van der Waals surface area contributed by atoms with Gasteiger partial charge in [0.05, 0.1) is 5.56 Å². The SMILES string of the molecule is Nc1cc(O)cc(C(F)(F)F)c1. The van der Waals surface area contributed by atoms with Gasteiger partial charge in [-0.2, -0.15) is 13.2 Å². The highest BCUT2D eigenvalue weighted by Gasteiger charge is 2.30. The maximum Gasteiger partial charge on any atom is 0.416 e. The van der Waals surface area contributed by atoms with Crippen LogP contribution in [0.15, 0.2) is 18.2 Å². The second-order valence-electron chi connectivity index (χ2n) is 2.31. The van der Waals surface area contributed by atoms with Crippen LogP contribution < -0.4 is 5.73 Å². The van der Waals surface area contributed by atoms with Gasteiger partial charge in [-0.05, 0) is 12.1 Å². The topological polar surface area (TPSA) is 46.2 Å². The number of hydrogen-bond donors (Lipinski definition) is 2. The number of phenolic OH excluding ortho intramolecular Hbond substituents is 1. The number of phenols is 1. The highest BCUT2D eigenvalue weighted by molar-refractivity contribution is 5.47. The van der Waals surface area contributed by atoms with E-state index in [1.165, 1.54) is 0 Å². The van der Waals surface area contributed by atoms with Crippen LogP contribution in [0.1, 0.15) is 5.56 Å². The Labute approximate surface area is 66.4 Å². The van der Waals surface area contributed by atoms with Crippen molar-refractivity contribution in [1.82, 2.24) is 0 Å². The van der Waals surface area contributed by atoms with E-state index < -0.39 is 17.5 Å². The van der Waals surface area contributed by atoms with Gasteiger partial charge in [-0.25, -0.2) is 0 Å². The summed E-state index contributed by atoms with van der Waals surface area (Å²) in [4.78, 5) is 0. The second kappa shape index (κ2) is 2.58. The zero-order chi connectivity index (χ0) is 9.35. The summed E-state index contributed by atoms with van der Waals surface area (Å²) in [5, 5.41) is 8.78. The van der Waals surface area contributed by atoms with E-state index in [0.717, 1.165) is 12.1 Å². The minimum Gasteiger partial charge on any atom is -0.508 e. The number of benzene rings is 1. The van der Waals surface area contributed by atoms with Gasteiger partial charge in [0.15, 0.2) is 0 Å². The molecule has 5 heteroatoms. The normalized spacial score (nSPS) is 11.6. The molecule has 0 aliphatic heterocycles. The lowest BCUT2D eigenvalue weighted by Gasteiger charge is -2.07. The molecule has 0 fully saturated rings. The van der Waals surface area contributed by atoms with Crippen molar-refractivity contribution in [2.45, 2.75) is 6.18 Å². The lowest BCUT2D eigenvalue weighted by molar-refractivity contribution is -0.137. The van der Waals surface area contributed by atoms with Gasteiger partial charge in [-0.3, -0.25) is 0 Å². The van der Waals surface area contributed by atoms with Gasteiger partial charge in [-0.1, -0.05) is 0 Å². The van der Waals surface area contributed by atoms with Crippen molar-refractivity contribution in [3.05, 3.63) is 23.8 Å². The van der Waals surface area contributed by atoms with Gasteiger partial charge < -0.3 is 10.8 Å². The number of anilines is 1. The van der Waals surface area contributed by atoms with E-state index in [-0.39, 0.29) is 5.69 Å².